The molecule has 1 unspecified atom stereocenters. The summed E-state index contributed by atoms with van der Waals surface area (Å²) in [5.41, 5.74) is 0.198. The minimum Gasteiger partial charge on any atom is -0.303 e. The molecule has 0 aromatic rings. The molecule has 0 amide bonds. The summed E-state index contributed by atoms with van der Waals surface area (Å²) >= 11 is 0. The molecule has 2 nitrogen and oxygen atoms in total. The van der Waals surface area contributed by atoms with Gasteiger partial charge < -0.3 is 9.59 Å². The monoisotopic (exact) mass is 124 g/mol. The first kappa shape index (κ1) is 5.15. The normalized spacial score (nSPS) is 52.9. The van der Waals surface area contributed by atoms with Crippen molar-refractivity contribution >= 4 is 12.6 Å². The molecule has 3 atom stereocenters. The Labute approximate surface area is 53.2 Å². The van der Waals surface area contributed by atoms with Gasteiger partial charge in [-0.3, -0.25) is 0 Å². The van der Waals surface area contributed by atoms with Gasteiger partial charge in [0.15, 0.2) is 0 Å². The van der Waals surface area contributed by atoms with Gasteiger partial charge in [0.05, 0.1) is 0 Å². The van der Waals surface area contributed by atoms with E-state index in [0.29, 0.717) is 0 Å². The lowest BCUT2D eigenvalue weighted by molar-refractivity contribution is -0.109. The average molecular weight is 124 g/mol. The molecule has 2 aliphatic carbocycles. The van der Waals surface area contributed by atoms with E-state index >= 15 is 0 Å². The first-order valence-electron chi connectivity index (χ1n) is 3.24. The Bertz CT molecular complexity index is 154. The van der Waals surface area contributed by atoms with Crippen molar-refractivity contribution in [3.63, 3.8) is 0 Å². The molecule has 2 fully saturated rings. The molecule has 2 rings (SSSR count). The van der Waals surface area contributed by atoms with Crippen LogP contribution >= 0.6 is 0 Å². The maximum absolute atomic E-state index is 10.2. The highest BCUT2D eigenvalue weighted by atomic mass is 16.1. The molecule has 2 saturated carbocycles. The third kappa shape index (κ3) is 0.460. The molecule has 0 aromatic heterocycles. The number of carbonyl (C=O) groups is 2. The van der Waals surface area contributed by atoms with Crippen LogP contribution < -0.4 is 0 Å². The average Bonchev–Trinajstić information content (AvgIpc) is 2.74. The highest BCUT2D eigenvalue weighted by molar-refractivity contribution is 5.70. The topological polar surface area (TPSA) is 34.1 Å². The van der Waals surface area contributed by atoms with Crippen LogP contribution in [0.4, 0.5) is 0 Å². The van der Waals surface area contributed by atoms with Crippen LogP contribution in [-0.4, -0.2) is 12.6 Å². The van der Waals surface area contributed by atoms with Gasteiger partial charge in [-0.2, -0.15) is 0 Å². The standard InChI is InChI=1S/C7H8O2/c8-3-5-1-7(5)2-6(7)4-9/h3-6H,1-2H2/t5-,6+,7?. The van der Waals surface area contributed by atoms with Crippen LogP contribution in [0.2, 0.25) is 0 Å². The molecule has 2 aliphatic rings. The summed E-state index contributed by atoms with van der Waals surface area (Å²) in [4.78, 5) is 20.3. The highest BCUT2D eigenvalue weighted by Gasteiger charge is 2.70. The van der Waals surface area contributed by atoms with E-state index in [2.05, 4.69) is 0 Å². The minimum absolute atomic E-state index is 0.198. The van der Waals surface area contributed by atoms with Gasteiger partial charge in [-0.1, -0.05) is 0 Å². The summed E-state index contributed by atoms with van der Waals surface area (Å²) in [6.45, 7) is 0. The fourth-order valence-electron chi connectivity index (χ4n) is 1.73. The second-order valence-corrected chi connectivity index (χ2v) is 3.13. The lowest BCUT2D eigenvalue weighted by atomic mass is 10.3. The zero-order chi connectivity index (χ0) is 6.48. The van der Waals surface area contributed by atoms with Gasteiger partial charge in [0.25, 0.3) is 0 Å². The Kier molecular flexibility index (Phi) is 0.718. The van der Waals surface area contributed by atoms with Crippen molar-refractivity contribution in [1.82, 2.24) is 0 Å². The van der Waals surface area contributed by atoms with Crippen molar-refractivity contribution in [2.45, 2.75) is 12.8 Å². The molecule has 0 aliphatic heterocycles. The molecule has 9 heavy (non-hydrogen) atoms. The van der Waals surface area contributed by atoms with E-state index in [4.69, 9.17) is 0 Å². The zero-order valence-electron chi connectivity index (χ0n) is 5.04. The van der Waals surface area contributed by atoms with Crippen molar-refractivity contribution in [2.75, 3.05) is 0 Å². The van der Waals surface area contributed by atoms with Gasteiger partial charge in [0.1, 0.15) is 12.6 Å². The number of rotatable bonds is 2. The summed E-state index contributed by atoms with van der Waals surface area (Å²) in [6.07, 6.45) is 3.92. The fraction of sp³-hybridized carbons (Fsp3) is 0.714. The maximum atomic E-state index is 10.2. The summed E-state index contributed by atoms with van der Waals surface area (Å²) in [7, 11) is 0. The van der Waals surface area contributed by atoms with Gasteiger partial charge >= 0.3 is 0 Å². The van der Waals surface area contributed by atoms with Gasteiger partial charge in [-0.25, -0.2) is 0 Å². The van der Waals surface area contributed by atoms with Crippen LogP contribution in [0.3, 0.4) is 0 Å². The Morgan fingerprint density at radius 3 is 1.78 bits per heavy atom. The van der Waals surface area contributed by atoms with E-state index in [-0.39, 0.29) is 17.3 Å². The van der Waals surface area contributed by atoms with E-state index in [1.807, 2.05) is 0 Å². The van der Waals surface area contributed by atoms with Crippen LogP contribution in [0.1, 0.15) is 12.8 Å². The molecule has 0 heterocycles. The quantitative estimate of drug-likeness (QED) is 0.499. The zero-order valence-corrected chi connectivity index (χ0v) is 5.04. The van der Waals surface area contributed by atoms with E-state index < -0.39 is 0 Å². The third-order valence-corrected chi connectivity index (χ3v) is 2.69. The fourth-order valence-corrected chi connectivity index (χ4v) is 1.73. The summed E-state index contributed by atoms with van der Waals surface area (Å²) in [5.74, 6) is 0.459. The molecule has 0 N–H and O–H groups in total. The smallest absolute Gasteiger partial charge is 0.123 e. The van der Waals surface area contributed by atoms with E-state index in [1.54, 1.807) is 0 Å². The molecule has 0 radical (unpaired) electrons. The summed E-state index contributed by atoms with van der Waals surface area (Å²) < 4.78 is 0. The maximum Gasteiger partial charge on any atom is 0.123 e. The minimum atomic E-state index is 0.198. The Balaban J connectivity index is 2.04. The van der Waals surface area contributed by atoms with E-state index in [9.17, 15) is 9.59 Å². The molecular weight excluding hydrogens is 116 g/mol. The van der Waals surface area contributed by atoms with Crippen LogP contribution in [0.15, 0.2) is 0 Å². The molecule has 2 heteroatoms. The van der Waals surface area contributed by atoms with Crippen LogP contribution in [0.25, 0.3) is 0 Å². The van der Waals surface area contributed by atoms with Gasteiger partial charge in [-0.15, -0.1) is 0 Å². The van der Waals surface area contributed by atoms with Gasteiger partial charge in [0.2, 0.25) is 0 Å². The predicted octanol–water partition coefficient (Wildman–Crippen LogP) is 0.410. The largest absolute Gasteiger partial charge is 0.303 e. The lowest BCUT2D eigenvalue weighted by Gasteiger charge is -1.78. The number of hydrogen-bond acceptors (Lipinski definition) is 2. The third-order valence-electron chi connectivity index (χ3n) is 2.69. The highest BCUT2D eigenvalue weighted by Crippen LogP contribution is 2.72. The second kappa shape index (κ2) is 1.25. The van der Waals surface area contributed by atoms with Crippen molar-refractivity contribution in [3.8, 4) is 0 Å². The van der Waals surface area contributed by atoms with Crippen molar-refractivity contribution in [2.24, 2.45) is 17.3 Å². The molecule has 0 aromatic carbocycles. The van der Waals surface area contributed by atoms with Crippen LogP contribution in [0.5, 0.6) is 0 Å². The molecule has 0 bridgehead atoms. The Morgan fingerprint density at radius 2 is 1.56 bits per heavy atom. The van der Waals surface area contributed by atoms with Crippen molar-refractivity contribution in [3.05, 3.63) is 0 Å². The van der Waals surface area contributed by atoms with Crippen molar-refractivity contribution in [1.29, 1.82) is 0 Å². The van der Waals surface area contributed by atoms with Gasteiger partial charge in [0, 0.05) is 11.8 Å². The summed E-state index contributed by atoms with van der Waals surface area (Å²) in [6, 6.07) is 0. The Morgan fingerprint density at radius 1 is 1.11 bits per heavy atom. The molecule has 1 spiro atoms. The first-order chi connectivity index (χ1) is 4.33. The first-order valence-corrected chi connectivity index (χ1v) is 3.24. The van der Waals surface area contributed by atoms with E-state index in [0.717, 1.165) is 25.4 Å². The number of aldehydes is 2. The predicted molar refractivity (Wildman–Crippen MR) is 30.8 cm³/mol. The number of hydrogen-bond donors (Lipinski definition) is 0. The van der Waals surface area contributed by atoms with Crippen LogP contribution in [0, 0.1) is 17.3 Å². The van der Waals surface area contributed by atoms with Crippen molar-refractivity contribution < 1.29 is 9.59 Å². The van der Waals surface area contributed by atoms with E-state index in [1.165, 1.54) is 0 Å². The second-order valence-electron chi connectivity index (χ2n) is 3.13. The molecule has 0 saturated heterocycles. The van der Waals surface area contributed by atoms with Gasteiger partial charge in [-0.05, 0) is 18.3 Å². The Hall–Kier alpha value is -0.660. The summed E-state index contributed by atoms with van der Waals surface area (Å²) in [5, 5.41) is 0. The number of carbonyl (C=O) groups excluding carboxylic acids is 2. The lowest BCUT2D eigenvalue weighted by Crippen LogP contribution is -1.86. The molecule has 48 valence electrons. The van der Waals surface area contributed by atoms with Crippen LogP contribution in [-0.2, 0) is 9.59 Å². The SMILES string of the molecule is O=C[C@@H]1CC12C[C@@H]2C=O. The molecular formula is C7H8O2.